The molecule has 1 N–H and O–H groups in total. The molecule has 2 aliphatic heterocycles. The number of fused-ring (bicyclic) bond motifs is 2. The Morgan fingerprint density at radius 2 is 2.35 bits per heavy atom. The van der Waals surface area contributed by atoms with Crippen molar-refractivity contribution in [2.24, 2.45) is 0 Å². The number of nitrogens with one attached hydrogen (secondary N) is 1. The van der Waals surface area contributed by atoms with E-state index in [0.717, 1.165) is 11.3 Å². The SMILES string of the molecule is CC1CC2(CCO1)C(=O)Nc1ccc(F)cc12. The maximum Gasteiger partial charge on any atom is 0.235 e. The predicted molar refractivity (Wildman–Crippen MR) is 61.4 cm³/mol. The fourth-order valence-electron chi connectivity index (χ4n) is 2.92. The molecule has 2 unspecified atom stereocenters. The van der Waals surface area contributed by atoms with Crippen LogP contribution in [0.1, 0.15) is 25.3 Å². The van der Waals surface area contributed by atoms with E-state index in [1.165, 1.54) is 12.1 Å². The third-order valence-electron chi connectivity index (χ3n) is 3.75. The van der Waals surface area contributed by atoms with Crippen molar-refractivity contribution in [2.75, 3.05) is 11.9 Å². The first-order valence-corrected chi connectivity index (χ1v) is 5.85. The number of anilines is 1. The highest BCUT2D eigenvalue weighted by molar-refractivity contribution is 6.06. The third kappa shape index (κ3) is 1.47. The molecule has 2 atom stereocenters. The molecule has 0 saturated carbocycles. The Morgan fingerprint density at radius 3 is 3.12 bits per heavy atom. The molecule has 2 heterocycles. The maximum atomic E-state index is 13.4. The summed E-state index contributed by atoms with van der Waals surface area (Å²) >= 11 is 0. The van der Waals surface area contributed by atoms with Crippen molar-refractivity contribution in [3.8, 4) is 0 Å². The Balaban J connectivity index is 2.11. The molecule has 3 rings (SSSR count). The van der Waals surface area contributed by atoms with Crippen molar-refractivity contribution >= 4 is 11.6 Å². The number of hydrogen-bond acceptors (Lipinski definition) is 2. The first-order valence-electron chi connectivity index (χ1n) is 5.85. The number of amides is 1. The van der Waals surface area contributed by atoms with E-state index >= 15 is 0 Å². The Morgan fingerprint density at radius 1 is 1.53 bits per heavy atom. The van der Waals surface area contributed by atoms with Crippen LogP contribution in [0.4, 0.5) is 10.1 Å². The number of halogens is 1. The van der Waals surface area contributed by atoms with E-state index in [2.05, 4.69) is 5.32 Å². The molecule has 1 aromatic carbocycles. The molecule has 0 aliphatic carbocycles. The summed E-state index contributed by atoms with van der Waals surface area (Å²) in [7, 11) is 0. The van der Waals surface area contributed by atoms with Gasteiger partial charge < -0.3 is 10.1 Å². The topological polar surface area (TPSA) is 38.3 Å². The summed E-state index contributed by atoms with van der Waals surface area (Å²) in [4.78, 5) is 12.2. The van der Waals surface area contributed by atoms with E-state index < -0.39 is 5.41 Å². The molecule has 3 nitrogen and oxygen atoms in total. The minimum atomic E-state index is -0.588. The van der Waals surface area contributed by atoms with Gasteiger partial charge in [0, 0.05) is 12.3 Å². The zero-order valence-corrected chi connectivity index (χ0v) is 9.63. The lowest BCUT2D eigenvalue weighted by molar-refractivity contribution is -0.126. The van der Waals surface area contributed by atoms with Gasteiger partial charge in [0.25, 0.3) is 0 Å². The van der Waals surface area contributed by atoms with Crippen LogP contribution < -0.4 is 5.32 Å². The van der Waals surface area contributed by atoms with Crippen molar-refractivity contribution < 1.29 is 13.9 Å². The lowest BCUT2D eigenvalue weighted by Gasteiger charge is -2.35. The zero-order chi connectivity index (χ0) is 12.0. The summed E-state index contributed by atoms with van der Waals surface area (Å²) in [5, 5.41) is 2.84. The number of ether oxygens (including phenoxy) is 1. The molecule has 0 bridgehead atoms. The van der Waals surface area contributed by atoms with Crippen LogP contribution in [0.15, 0.2) is 18.2 Å². The van der Waals surface area contributed by atoms with Crippen LogP contribution in [0.2, 0.25) is 0 Å². The van der Waals surface area contributed by atoms with Gasteiger partial charge in [-0.15, -0.1) is 0 Å². The zero-order valence-electron chi connectivity index (χ0n) is 9.63. The Bertz CT molecular complexity index is 488. The van der Waals surface area contributed by atoms with E-state index in [1.807, 2.05) is 6.92 Å². The average Bonchev–Trinajstić information content (AvgIpc) is 2.53. The number of benzene rings is 1. The molecule has 1 amide bonds. The van der Waals surface area contributed by atoms with Gasteiger partial charge in [-0.05, 0) is 43.5 Å². The van der Waals surface area contributed by atoms with Gasteiger partial charge in [0.1, 0.15) is 5.82 Å². The van der Waals surface area contributed by atoms with Gasteiger partial charge in [-0.3, -0.25) is 4.79 Å². The summed E-state index contributed by atoms with van der Waals surface area (Å²) < 4.78 is 18.8. The van der Waals surface area contributed by atoms with Gasteiger partial charge in [-0.25, -0.2) is 4.39 Å². The number of carbonyl (C=O) groups excluding carboxylic acids is 1. The lowest BCUT2D eigenvalue weighted by atomic mass is 9.73. The average molecular weight is 235 g/mol. The normalized spacial score (nSPS) is 31.4. The lowest BCUT2D eigenvalue weighted by Crippen LogP contribution is -2.42. The van der Waals surface area contributed by atoms with E-state index in [9.17, 15) is 9.18 Å². The summed E-state index contributed by atoms with van der Waals surface area (Å²) in [5.74, 6) is -0.313. The van der Waals surface area contributed by atoms with Crippen LogP contribution in [-0.2, 0) is 14.9 Å². The first-order chi connectivity index (χ1) is 8.12. The van der Waals surface area contributed by atoms with Gasteiger partial charge in [-0.1, -0.05) is 0 Å². The minimum absolute atomic E-state index is 0.0201. The van der Waals surface area contributed by atoms with Crippen LogP contribution in [0.5, 0.6) is 0 Å². The van der Waals surface area contributed by atoms with Crippen LogP contribution in [-0.4, -0.2) is 18.6 Å². The molecule has 1 fully saturated rings. The van der Waals surface area contributed by atoms with E-state index in [-0.39, 0.29) is 17.8 Å². The van der Waals surface area contributed by atoms with Gasteiger partial charge in [0.2, 0.25) is 5.91 Å². The van der Waals surface area contributed by atoms with Crippen LogP contribution in [0.25, 0.3) is 0 Å². The fourth-order valence-corrected chi connectivity index (χ4v) is 2.92. The molecular weight excluding hydrogens is 221 g/mol. The van der Waals surface area contributed by atoms with Crippen LogP contribution >= 0.6 is 0 Å². The van der Waals surface area contributed by atoms with Crippen LogP contribution in [0, 0.1) is 5.82 Å². The number of carbonyl (C=O) groups is 1. The van der Waals surface area contributed by atoms with Crippen molar-refractivity contribution in [3.63, 3.8) is 0 Å². The van der Waals surface area contributed by atoms with Gasteiger partial charge >= 0.3 is 0 Å². The quantitative estimate of drug-likeness (QED) is 0.748. The van der Waals surface area contributed by atoms with Crippen LogP contribution in [0.3, 0.4) is 0 Å². The highest BCUT2D eigenvalue weighted by atomic mass is 19.1. The molecule has 2 aliphatic rings. The third-order valence-corrected chi connectivity index (χ3v) is 3.75. The summed E-state index contributed by atoms with van der Waals surface area (Å²) in [6.07, 6.45) is 1.28. The molecule has 1 spiro atoms. The molecule has 17 heavy (non-hydrogen) atoms. The van der Waals surface area contributed by atoms with E-state index in [0.29, 0.717) is 19.4 Å². The molecule has 1 saturated heterocycles. The molecule has 4 heteroatoms. The molecule has 0 aromatic heterocycles. The predicted octanol–water partition coefficient (Wildman–Crippen LogP) is 2.21. The van der Waals surface area contributed by atoms with Gasteiger partial charge in [0.15, 0.2) is 0 Å². The Labute approximate surface area is 99.0 Å². The second-order valence-electron chi connectivity index (χ2n) is 4.86. The summed E-state index contributed by atoms with van der Waals surface area (Å²) in [6.45, 7) is 2.50. The second-order valence-corrected chi connectivity index (χ2v) is 4.86. The van der Waals surface area contributed by atoms with E-state index in [1.54, 1.807) is 6.07 Å². The molecule has 0 radical (unpaired) electrons. The standard InChI is InChI=1S/C13H14FNO2/c1-8-7-13(4-5-17-8)10-6-9(14)2-3-11(10)15-12(13)16/h2-3,6,8H,4-5,7H2,1H3,(H,15,16). The van der Waals surface area contributed by atoms with Crippen molar-refractivity contribution in [3.05, 3.63) is 29.6 Å². The minimum Gasteiger partial charge on any atom is -0.378 e. The Kier molecular flexibility index (Phi) is 2.23. The Hall–Kier alpha value is -1.42. The maximum absolute atomic E-state index is 13.4. The highest BCUT2D eigenvalue weighted by Gasteiger charge is 2.49. The summed E-state index contributed by atoms with van der Waals surface area (Å²) in [5.41, 5.74) is 0.943. The van der Waals surface area contributed by atoms with Crippen molar-refractivity contribution in [1.82, 2.24) is 0 Å². The monoisotopic (exact) mass is 235 g/mol. The highest BCUT2D eigenvalue weighted by Crippen LogP contribution is 2.46. The molecule has 1 aromatic rings. The van der Waals surface area contributed by atoms with Gasteiger partial charge in [0.05, 0.1) is 11.5 Å². The summed E-state index contributed by atoms with van der Waals surface area (Å²) in [6, 6.07) is 4.49. The number of rotatable bonds is 0. The van der Waals surface area contributed by atoms with Crippen molar-refractivity contribution in [1.29, 1.82) is 0 Å². The van der Waals surface area contributed by atoms with Crippen molar-refractivity contribution in [2.45, 2.75) is 31.3 Å². The van der Waals surface area contributed by atoms with Gasteiger partial charge in [-0.2, -0.15) is 0 Å². The smallest absolute Gasteiger partial charge is 0.235 e. The molecule has 90 valence electrons. The fraction of sp³-hybridized carbons (Fsp3) is 0.462. The van der Waals surface area contributed by atoms with E-state index in [4.69, 9.17) is 4.74 Å². The first kappa shape index (κ1) is 10.7. The number of hydrogen-bond donors (Lipinski definition) is 1. The molecular formula is C13H14FNO2. The second kappa shape index (κ2) is 3.53. The largest absolute Gasteiger partial charge is 0.378 e.